The first-order valence-electron chi connectivity index (χ1n) is 4.97. The second kappa shape index (κ2) is 6.45. The molecule has 0 saturated carbocycles. The molecule has 1 atom stereocenters. The van der Waals surface area contributed by atoms with E-state index in [1.165, 1.54) is 0 Å². The van der Waals surface area contributed by atoms with Crippen LogP contribution in [0.5, 0.6) is 0 Å². The average Bonchev–Trinajstić information content (AvgIpc) is 2.20. The highest BCUT2D eigenvalue weighted by Gasteiger charge is 2.01. The van der Waals surface area contributed by atoms with Crippen LogP contribution in [0.15, 0.2) is 18.5 Å². The number of aliphatic hydroxyl groups is 1. The predicted molar refractivity (Wildman–Crippen MR) is 54.7 cm³/mol. The third-order valence-corrected chi connectivity index (χ3v) is 1.90. The Morgan fingerprint density at radius 2 is 2.14 bits per heavy atom. The summed E-state index contributed by atoms with van der Waals surface area (Å²) in [7, 11) is 0. The van der Waals surface area contributed by atoms with Gasteiger partial charge in [0.15, 0.2) is 0 Å². The molecule has 0 aliphatic heterocycles. The fraction of sp³-hybridized carbons (Fsp3) is 0.600. The molecule has 0 fully saturated rings. The highest BCUT2D eigenvalue weighted by Crippen LogP contribution is 1.94. The molecule has 0 aromatic carbocycles. The molecule has 0 saturated heterocycles. The first kappa shape index (κ1) is 11.1. The zero-order valence-electron chi connectivity index (χ0n) is 8.48. The Bertz CT molecular complexity index is 240. The highest BCUT2D eigenvalue weighted by atomic mass is 16.3. The highest BCUT2D eigenvalue weighted by molar-refractivity contribution is 4.87. The summed E-state index contributed by atoms with van der Waals surface area (Å²) in [6, 6.07) is 1.79. The fourth-order valence-corrected chi connectivity index (χ4v) is 1.21. The topological polar surface area (TPSA) is 58.0 Å². The van der Waals surface area contributed by atoms with E-state index in [-0.39, 0.29) is 6.10 Å². The van der Waals surface area contributed by atoms with Gasteiger partial charge in [-0.1, -0.05) is 13.3 Å². The van der Waals surface area contributed by atoms with E-state index in [4.69, 9.17) is 0 Å². The molecule has 0 bridgehead atoms. The molecule has 1 aromatic rings. The van der Waals surface area contributed by atoms with Crippen molar-refractivity contribution in [3.63, 3.8) is 0 Å². The number of aromatic nitrogens is 2. The number of hydrogen-bond donors (Lipinski definition) is 2. The van der Waals surface area contributed by atoms with Crippen molar-refractivity contribution in [2.45, 2.75) is 32.4 Å². The average molecular weight is 195 g/mol. The minimum atomic E-state index is -0.260. The molecule has 4 heteroatoms. The van der Waals surface area contributed by atoms with Gasteiger partial charge in [-0.2, -0.15) is 0 Å². The van der Waals surface area contributed by atoms with Gasteiger partial charge >= 0.3 is 0 Å². The molecule has 1 heterocycles. The number of rotatable bonds is 6. The van der Waals surface area contributed by atoms with Gasteiger partial charge < -0.3 is 10.4 Å². The van der Waals surface area contributed by atoms with Crippen LogP contribution in [0.4, 0.5) is 0 Å². The SMILES string of the molecule is CCCC(O)CNCc1ncccn1. The van der Waals surface area contributed by atoms with E-state index in [9.17, 15) is 5.11 Å². The van der Waals surface area contributed by atoms with Crippen LogP contribution in [-0.4, -0.2) is 27.7 Å². The third-order valence-electron chi connectivity index (χ3n) is 1.90. The lowest BCUT2D eigenvalue weighted by molar-refractivity contribution is 0.160. The molecule has 1 rings (SSSR count). The molecule has 1 unspecified atom stereocenters. The van der Waals surface area contributed by atoms with E-state index >= 15 is 0 Å². The van der Waals surface area contributed by atoms with Crippen molar-refractivity contribution in [3.05, 3.63) is 24.3 Å². The maximum atomic E-state index is 9.42. The van der Waals surface area contributed by atoms with Crippen molar-refractivity contribution in [1.29, 1.82) is 0 Å². The van der Waals surface area contributed by atoms with Gasteiger partial charge in [-0.05, 0) is 12.5 Å². The summed E-state index contributed by atoms with van der Waals surface area (Å²) < 4.78 is 0. The van der Waals surface area contributed by atoms with E-state index in [2.05, 4.69) is 22.2 Å². The largest absolute Gasteiger partial charge is 0.392 e. The van der Waals surface area contributed by atoms with Gasteiger partial charge in [-0.25, -0.2) is 9.97 Å². The predicted octanol–water partition coefficient (Wildman–Crippen LogP) is 0.727. The molecular weight excluding hydrogens is 178 g/mol. The minimum absolute atomic E-state index is 0.260. The quantitative estimate of drug-likeness (QED) is 0.702. The normalized spacial score (nSPS) is 12.7. The smallest absolute Gasteiger partial charge is 0.141 e. The molecule has 0 radical (unpaired) electrons. The Morgan fingerprint density at radius 1 is 1.43 bits per heavy atom. The Kier molecular flexibility index (Phi) is 5.11. The Morgan fingerprint density at radius 3 is 2.79 bits per heavy atom. The van der Waals surface area contributed by atoms with Gasteiger partial charge in [-0.3, -0.25) is 0 Å². The second-order valence-corrected chi connectivity index (χ2v) is 3.24. The lowest BCUT2D eigenvalue weighted by Crippen LogP contribution is -2.26. The molecule has 78 valence electrons. The summed E-state index contributed by atoms with van der Waals surface area (Å²) in [5, 5.41) is 12.5. The van der Waals surface area contributed by atoms with Crippen LogP contribution in [0.25, 0.3) is 0 Å². The van der Waals surface area contributed by atoms with Crippen LogP contribution in [0.1, 0.15) is 25.6 Å². The monoisotopic (exact) mass is 195 g/mol. The first-order chi connectivity index (χ1) is 6.83. The molecule has 1 aromatic heterocycles. The van der Waals surface area contributed by atoms with Gasteiger partial charge in [0.25, 0.3) is 0 Å². The van der Waals surface area contributed by atoms with Crippen LogP contribution in [0, 0.1) is 0 Å². The van der Waals surface area contributed by atoms with E-state index in [0.717, 1.165) is 18.7 Å². The molecule has 2 N–H and O–H groups in total. The van der Waals surface area contributed by atoms with E-state index in [1.54, 1.807) is 18.5 Å². The summed E-state index contributed by atoms with van der Waals surface area (Å²) in [4.78, 5) is 8.13. The maximum absolute atomic E-state index is 9.42. The third kappa shape index (κ3) is 4.30. The van der Waals surface area contributed by atoms with Gasteiger partial charge in [0.05, 0.1) is 12.6 Å². The lowest BCUT2D eigenvalue weighted by Gasteiger charge is -2.09. The molecule has 0 amide bonds. The fourth-order valence-electron chi connectivity index (χ4n) is 1.21. The molecular formula is C10H17N3O. The molecule has 0 aliphatic rings. The molecule has 4 nitrogen and oxygen atoms in total. The van der Waals surface area contributed by atoms with E-state index < -0.39 is 0 Å². The van der Waals surface area contributed by atoms with Crippen molar-refractivity contribution >= 4 is 0 Å². The van der Waals surface area contributed by atoms with Crippen molar-refractivity contribution in [3.8, 4) is 0 Å². The van der Waals surface area contributed by atoms with E-state index in [0.29, 0.717) is 13.1 Å². The van der Waals surface area contributed by atoms with Gasteiger partial charge in [-0.15, -0.1) is 0 Å². The molecule has 0 aliphatic carbocycles. The summed E-state index contributed by atoms with van der Waals surface area (Å²) in [6.07, 6.45) is 5.01. The summed E-state index contributed by atoms with van der Waals surface area (Å²) in [6.45, 7) is 3.28. The van der Waals surface area contributed by atoms with Crippen LogP contribution < -0.4 is 5.32 Å². The Labute approximate surface area is 84.4 Å². The number of hydrogen-bond acceptors (Lipinski definition) is 4. The first-order valence-corrected chi connectivity index (χ1v) is 4.97. The maximum Gasteiger partial charge on any atom is 0.141 e. The van der Waals surface area contributed by atoms with Gasteiger partial charge in [0.1, 0.15) is 5.82 Å². The second-order valence-electron chi connectivity index (χ2n) is 3.24. The van der Waals surface area contributed by atoms with Gasteiger partial charge in [0, 0.05) is 18.9 Å². The summed E-state index contributed by atoms with van der Waals surface area (Å²) in [5.41, 5.74) is 0. The van der Waals surface area contributed by atoms with Crippen LogP contribution >= 0.6 is 0 Å². The Balaban J connectivity index is 2.16. The molecule has 14 heavy (non-hydrogen) atoms. The van der Waals surface area contributed by atoms with Crippen molar-refractivity contribution in [2.24, 2.45) is 0 Å². The van der Waals surface area contributed by atoms with Crippen molar-refractivity contribution in [2.75, 3.05) is 6.54 Å². The summed E-state index contributed by atoms with van der Waals surface area (Å²) >= 11 is 0. The zero-order valence-corrected chi connectivity index (χ0v) is 8.48. The van der Waals surface area contributed by atoms with E-state index in [1.807, 2.05) is 0 Å². The van der Waals surface area contributed by atoms with Crippen LogP contribution in [0.2, 0.25) is 0 Å². The van der Waals surface area contributed by atoms with Crippen LogP contribution in [0.3, 0.4) is 0 Å². The molecule has 0 spiro atoms. The van der Waals surface area contributed by atoms with Gasteiger partial charge in [0.2, 0.25) is 0 Å². The van der Waals surface area contributed by atoms with Crippen molar-refractivity contribution in [1.82, 2.24) is 15.3 Å². The number of aliphatic hydroxyl groups excluding tert-OH is 1. The van der Waals surface area contributed by atoms with Crippen molar-refractivity contribution < 1.29 is 5.11 Å². The minimum Gasteiger partial charge on any atom is -0.392 e. The standard InChI is InChI=1S/C10H17N3O/c1-2-4-9(14)7-11-8-10-12-5-3-6-13-10/h3,5-6,9,11,14H,2,4,7-8H2,1H3. The zero-order chi connectivity index (χ0) is 10.2. The Hall–Kier alpha value is -1.00. The number of nitrogens with zero attached hydrogens (tertiary/aromatic N) is 2. The number of nitrogens with one attached hydrogen (secondary N) is 1. The lowest BCUT2D eigenvalue weighted by atomic mass is 10.2. The summed E-state index contributed by atoms with van der Waals surface area (Å²) in [5.74, 6) is 0.760. The van der Waals surface area contributed by atoms with Crippen LogP contribution in [-0.2, 0) is 6.54 Å².